The molecule has 242 valence electrons. The second-order valence-electron chi connectivity index (χ2n) is 12.2. The number of likely N-dealkylation sites (N-methyl/N-ethyl adjacent to an activating group) is 1. The fraction of sp³-hybridized carbons (Fsp3) is 0.353. The molecule has 1 aliphatic rings. The number of anilines is 1. The number of aromatic nitrogens is 1. The molecule has 12 heteroatoms. The number of rotatable bonds is 8. The Labute approximate surface area is 273 Å². The van der Waals surface area contributed by atoms with Gasteiger partial charge in [0.05, 0.1) is 16.4 Å². The molecule has 1 atom stereocenters. The minimum absolute atomic E-state index is 0.0539. The molecular weight excluding hydrogens is 606 g/mol. The first kappa shape index (κ1) is 34.2. The van der Waals surface area contributed by atoms with Crippen molar-refractivity contribution in [3.8, 4) is 0 Å². The lowest BCUT2D eigenvalue weighted by atomic mass is 10.0. The van der Waals surface area contributed by atoms with Gasteiger partial charge in [0.2, 0.25) is 5.91 Å². The van der Waals surface area contributed by atoms with E-state index < -0.39 is 22.7 Å². The number of carbonyl (C=O) groups excluding carboxylic acids is 3. The first-order valence-electron chi connectivity index (χ1n) is 14.9. The summed E-state index contributed by atoms with van der Waals surface area (Å²) in [5.74, 6) is -0.519. The Morgan fingerprint density at radius 1 is 1.07 bits per heavy atom. The summed E-state index contributed by atoms with van der Waals surface area (Å²) in [6, 6.07) is 15.0. The first-order valence-corrected chi connectivity index (χ1v) is 15.8. The summed E-state index contributed by atoms with van der Waals surface area (Å²) in [6.07, 6.45) is 5.33. The number of carbonyl (C=O) groups is 3. The largest absolute Gasteiger partial charge is 0.444 e. The van der Waals surface area contributed by atoms with Crippen molar-refractivity contribution in [1.29, 1.82) is 0 Å². The van der Waals surface area contributed by atoms with Gasteiger partial charge in [0.1, 0.15) is 11.6 Å². The fourth-order valence-electron chi connectivity index (χ4n) is 4.96. The van der Waals surface area contributed by atoms with Crippen molar-refractivity contribution in [3.05, 3.63) is 94.3 Å². The van der Waals surface area contributed by atoms with E-state index in [1.165, 1.54) is 44.7 Å². The van der Waals surface area contributed by atoms with Crippen molar-refractivity contribution in [2.45, 2.75) is 62.0 Å². The van der Waals surface area contributed by atoms with Crippen LogP contribution in [0.5, 0.6) is 0 Å². The van der Waals surface area contributed by atoms with Crippen molar-refractivity contribution in [3.63, 3.8) is 0 Å². The van der Waals surface area contributed by atoms with E-state index in [4.69, 9.17) is 4.74 Å². The quantitative estimate of drug-likeness (QED) is 0.157. The summed E-state index contributed by atoms with van der Waals surface area (Å²) < 4.78 is 5.57. The number of nitro benzene ring substituents is 1. The zero-order valence-electron chi connectivity index (χ0n) is 26.9. The molecule has 1 aliphatic heterocycles. The van der Waals surface area contributed by atoms with E-state index in [0.717, 1.165) is 10.5 Å². The molecule has 46 heavy (non-hydrogen) atoms. The highest BCUT2D eigenvalue weighted by Crippen LogP contribution is 2.39. The highest BCUT2D eigenvalue weighted by molar-refractivity contribution is 7.99. The highest BCUT2D eigenvalue weighted by atomic mass is 32.2. The molecule has 1 fully saturated rings. The summed E-state index contributed by atoms with van der Waals surface area (Å²) in [5.41, 5.74) is 1.34. The van der Waals surface area contributed by atoms with Gasteiger partial charge in [-0.25, -0.2) is 4.79 Å². The average molecular weight is 646 g/mol. The Balaban J connectivity index is 1.53. The predicted molar refractivity (Wildman–Crippen MR) is 178 cm³/mol. The van der Waals surface area contributed by atoms with Crippen molar-refractivity contribution in [1.82, 2.24) is 14.8 Å². The minimum Gasteiger partial charge on any atom is -0.444 e. The maximum Gasteiger partial charge on any atom is 0.411 e. The van der Waals surface area contributed by atoms with Crippen LogP contribution in [-0.2, 0) is 14.3 Å². The molecule has 3 aromatic rings. The number of nitro groups is 1. The van der Waals surface area contributed by atoms with Gasteiger partial charge in [0, 0.05) is 55.3 Å². The van der Waals surface area contributed by atoms with Gasteiger partial charge in [0.25, 0.3) is 11.6 Å². The molecule has 3 amide bonds. The summed E-state index contributed by atoms with van der Waals surface area (Å²) in [7, 11) is 1.60. The Hall–Kier alpha value is -4.71. The third kappa shape index (κ3) is 8.51. The SMILES string of the molecule is CC(C)c1ccccc1Sc1ccc(/C=C/C(=O)N2CCN(C(=O)OC(C)(C)C)C(C(=O)N(C)c3ccncc3)C2)cc1[N+](=O)[O-]. The number of amides is 3. The number of piperazine rings is 1. The molecule has 0 spiro atoms. The summed E-state index contributed by atoms with van der Waals surface area (Å²) in [6.45, 7) is 9.60. The van der Waals surface area contributed by atoms with Crippen molar-refractivity contribution >= 4 is 47.1 Å². The van der Waals surface area contributed by atoms with Crippen LogP contribution < -0.4 is 4.90 Å². The highest BCUT2D eigenvalue weighted by Gasteiger charge is 2.40. The van der Waals surface area contributed by atoms with E-state index in [1.54, 1.807) is 64.5 Å². The number of benzene rings is 2. The van der Waals surface area contributed by atoms with E-state index in [0.29, 0.717) is 16.1 Å². The molecule has 0 radical (unpaired) electrons. The molecule has 11 nitrogen and oxygen atoms in total. The summed E-state index contributed by atoms with van der Waals surface area (Å²) in [5, 5.41) is 12.0. The van der Waals surface area contributed by atoms with Gasteiger partial charge in [-0.15, -0.1) is 0 Å². The van der Waals surface area contributed by atoms with Crippen LogP contribution in [0.15, 0.2) is 82.9 Å². The van der Waals surface area contributed by atoms with Crippen LogP contribution >= 0.6 is 11.8 Å². The van der Waals surface area contributed by atoms with Gasteiger partial charge >= 0.3 is 6.09 Å². The molecule has 0 bridgehead atoms. The average Bonchev–Trinajstić information content (AvgIpc) is 3.02. The summed E-state index contributed by atoms with van der Waals surface area (Å²) in [4.78, 5) is 61.4. The number of hydrogen-bond acceptors (Lipinski definition) is 8. The van der Waals surface area contributed by atoms with Crippen LogP contribution in [0.25, 0.3) is 6.08 Å². The monoisotopic (exact) mass is 645 g/mol. The van der Waals surface area contributed by atoms with Gasteiger partial charge in [-0.2, -0.15) is 0 Å². The molecule has 1 aromatic heterocycles. The molecule has 1 unspecified atom stereocenters. The molecule has 0 aliphatic carbocycles. The zero-order chi connectivity index (χ0) is 33.6. The van der Waals surface area contributed by atoms with Gasteiger partial charge in [-0.3, -0.25) is 29.6 Å². The van der Waals surface area contributed by atoms with Crippen molar-refractivity contribution in [2.75, 3.05) is 31.6 Å². The third-order valence-corrected chi connectivity index (χ3v) is 8.50. The Kier molecular flexibility index (Phi) is 10.8. The lowest BCUT2D eigenvalue weighted by Crippen LogP contribution is -2.62. The fourth-order valence-corrected chi connectivity index (χ4v) is 6.14. The molecule has 4 rings (SSSR count). The van der Waals surface area contributed by atoms with E-state index in [-0.39, 0.29) is 43.1 Å². The molecule has 0 N–H and O–H groups in total. The normalized spacial score (nSPS) is 15.2. The molecular formula is C34H39N5O6S. The van der Waals surface area contributed by atoms with Crippen LogP contribution in [0.2, 0.25) is 0 Å². The second-order valence-corrected chi connectivity index (χ2v) is 13.3. The lowest BCUT2D eigenvalue weighted by molar-refractivity contribution is -0.387. The van der Waals surface area contributed by atoms with Crippen LogP contribution in [0.1, 0.15) is 51.7 Å². The van der Waals surface area contributed by atoms with Crippen LogP contribution in [0, 0.1) is 10.1 Å². The lowest BCUT2D eigenvalue weighted by Gasteiger charge is -2.41. The molecule has 2 aromatic carbocycles. The summed E-state index contributed by atoms with van der Waals surface area (Å²) >= 11 is 1.34. The molecule has 1 saturated heterocycles. The Morgan fingerprint density at radius 3 is 2.41 bits per heavy atom. The Bertz CT molecular complexity index is 1620. The van der Waals surface area contributed by atoms with Crippen LogP contribution in [0.3, 0.4) is 0 Å². The minimum atomic E-state index is -0.995. The van der Waals surface area contributed by atoms with E-state index >= 15 is 0 Å². The van der Waals surface area contributed by atoms with Crippen LogP contribution in [0.4, 0.5) is 16.2 Å². The zero-order valence-corrected chi connectivity index (χ0v) is 27.7. The van der Waals surface area contributed by atoms with Crippen LogP contribution in [-0.4, -0.2) is 75.9 Å². The topological polar surface area (TPSA) is 126 Å². The first-order chi connectivity index (χ1) is 21.7. The van der Waals surface area contributed by atoms with Gasteiger partial charge in [0.15, 0.2) is 0 Å². The number of nitrogens with zero attached hydrogens (tertiary/aromatic N) is 5. The van der Waals surface area contributed by atoms with Crippen molar-refractivity contribution in [2.24, 2.45) is 0 Å². The maximum atomic E-state index is 13.7. The smallest absolute Gasteiger partial charge is 0.411 e. The molecule has 0 saturated carbocycles. The van der Waals surface area contributed by atoms with Gasteiger partial charge in [-0.05, 0) is 68.2 Å². The number of ether oxygens (including phenoxy) is 1. The number of pyridine rings is 1. The third-order valence-electron chi connectivity index (χ3n) is 7.34. The second kappa shape index (κ2) is 14.6. The Morgan fingerprint density at radius 2 is 1.76 bits per heavy atom. The number of hydrogen-bond donors (Lipinski definition) is 0. The van der Waals surface area contributed by atoms with Gasteiger partial charge in [-0.1, -0.05) is 49.9 Å². The van der Waals surface area contributed by atoms with Crippen molar-refractivity contribution < 1.29 is 24.0 Å². The van der Waals surface area contributed by atoms with E-state index in [9.17, 15) is 24.5 Å². The molecule has 2 heterocycles. The standard InChI is InChI=1S/C34H39N5O6S/c1-23(2)26-9-7-8-10-29(26)46-30-13-11-24(21-27(30)39(43)44)12-14-31(40)37-19-20-38(33(42)45-34(3,4)5)28(22-37)32(41)36(6)25-15-17-35-18-16-25/h7-18,21,23,28H,19-20,22H2,1-6H3/b14-12+. The maximum absolute atomic E-state index is 13.7. The van der Waals surface area contributed by atoms with E-state index in [1.807, 2.05) is 24.3 Å². The predicted octanol–water partition coefficient (Wildman–Crippen LogP) is 6.39. The van der Waals surface area contributed by atoms with Gasteiger partial charge < -0.3 is 14.5 Å². The van der Waals surface area contributed by atoms with E-state index in [2.05, 4.69) is 18.8 Å².